The van der Waals surface area contributed by atoms with Gasteiger partial charge in [-0.05, 0) is 25.8 Å². The van der Waals surface area contributed by atoms with E-state index in [9.17, 15) is 4.79 Å². The maximum atomic E-state index is 10.7. The van der Waals surface area contributed by atoms with Crippen LogP contribution >= 0.6 is 0 Å². The van der Waals surface area contributed by atoms with Crippen LogP contribution in [0.4, 0.5) is 0 Å². The number of rotatable bonds is 4. The molecule has 2 N–H and O–H groups in total. The van der Waals surface area contributed by atoms with Gasteiger partial charge in [0, 0.05) is 5.54 Å². The maximum Gasteiger partial charge on any atom is 0.338 e. The van der Waals surface area contributed by atoms with E-state index in [0.717, 1.165) is 0 Å². The number of hydrogen-bond acceptors (Lipinski definition) is 3. The lowest BCUT2D eigenvalue weighted by Gasteiger charge is -2.34. The van der Waals surface area contributed by atoms with Gasteiger partial charge < -0.3 is 14.8 Å². The Balaban J connectivity index is 1.90. The zero-order chi connectivity index (χ0) is 12.3. The van der Waals surface area contributed by atoms with Crippen molar-refractivity contribution in [2.75, 3.05) is 0 Å². The number of carboxylic acids is 1. The number of carboxylic acid groups (broad SMARTS) is 1. The highest BCUT2D eigenvalue weighted by Crippen LogP contribution is 2.27. The molecule has 1 aromatic rings. The van der Waals surface area contributed by atoms with Crippen LogP contribution in [0.15, 0.2) is 16.7 Å². The molecule has 1 aliphatic carbocycles. The molecule has 0 unspecified atom stereocenters. The molecule has 0 spiro atoms. The fraction of sp³-hybridized carbons (Fsp3) is 0.615. The van der Waals surface area contributed by atoms with Crippen molar-refractivity contribution < 1.29 is 14.3 Å². The first-order valence-corrected chi connectivity index (χ1v) is 6.15. The Labute approximate surface area is 101 Å². The van der Waals surface area contributed by atoms with Crippen LogP contribution in [0, 0.1) is 0 Å². The predicted octanol–water partition coefficient (Wildman–Crippen LogP) is 2.79. The van der Waals surface area contributed by atoms with Gasteiger partial charge in [-0.25, -0.2) is 4.79 Å². The topological polar surface area (TPSA) is 62.5 Å². The predicted molar refractivity (Wildman–Crippen MR) is 64.0 cm³/mol. The molecule has 4 heteroatoms. The fourth-order valence-corrected chi connectivity index (χ4v) is 2.39. The standard InChI is InChI=1S/C13H19NO3/c1-13(5-3-2-4-6-13)14-8-11-7-10(9-17-11)12(15)16/h7,9,14H,2-6,8H2,1H3,(H,15,16). The second kappa shape index (κ2) is 4.92. The average molecular weight is 237 g/mol. The molecule has 4 nitrogen and oxygen atoms in total. The minimum atomic E-state index is -0.941. The summed E-state index contributed by atoms with van der Waals surface area (Å²) < 4.78 is 5.22. The van der Waals surface area contributed by atoms with Crippen molar-refractivity contribution in [2.24, 2.45) is 0 Å². The van der Waals surface area contributed by atoms with Crippen LogP contribution < -0.4 is 5.32 Å². The summed E-state index contributed by atoms with van der Waals surface area (Å²) in [7, 11) is 0. The van der Waals surface area contributed by atoms with E-state index in [0.29, 0.717) is 12.3 Å². The van der Waals surface area contributed by atoms with Gasteiger partial charge in [0.05, 0.1) is 12.1 Å². The van der Waals surface area contributed by atoms with Gasteiger partial charge in [-0.2, -0.15) is 0 Å². The monoisotopic (exact) mass is 237 g/mol. The highest BCUT2D eigenvalue weighted by atomic mass is 16.4. The molecule has 0 saturated heterocycles. The molecule has 0 radical (unpaired) electrons. The molecule has 2 rings (SSSR count). The summed E-state index contributed by atoms with van der Waals surface area (Å²) in [6, 6.07) is 1.58. The van der Waals surface area contributed by atoms with Crippen LogP contribution in [0.25, 0.3) is 0 Å². The number of carbonyl (C=O) groups is 1. The molecule has 0 atom stereocenters. The van der Waals surface area contributed by atoms with Gasteiger partial charge in [-0.15, -0.1) is 0 Å². The number of aromatic carboxylic acids is 1. The third kappa shape index (κ3) is 3.09. The molecule has 1 fully saturated rings. The molecule has 0 aliphatic heterocycles. The van der Waals surface area contributed by atoms with Crippen LogP contribution in [0.1, 0.15) is 55.1 Å². The lowest BCUT2D eigenvalue weighted by Crippen LogP contribution is -2.43. The number of hydrogen-bond donors (Lipinski definition) is 2. The summed E-state index contributed by atoms with van der Waals surface area (Å²) in [5, 5.41) is 12.3. The molecule has 0 aromatic carbocycles. The fourth-order valence-electron chi connectivity index (χ4n) is 2.39. The zero-order valence-electron chi connectivity index (χ0n) is 10.2. The van der Waals surface area contributed by atoms with Crippen molar-refractivity contribution in [1.82, 2.24) is 5.32 Å². The Morgan fingerprint density at radius 1 is 1.47 bits per heavy atom. The first kappa shape index (κ1) is 12.2. The molecular weight excluding hydrogens is 218 g/mol. The van der Waals surface area contributed by atoms with Crippen molar-refractivity contribution in [1.29, 1.82) is 0 Å². The Morgan fingerprint density at radius 2 is 2.18 bits per heavy atom. The van der Waals surface area contributed by atoms with Crippen molar-refractivity contribution >= 4 is 5.97 Å². The molecule has 17 heavy (non-hydrogen) atoms. The van der Waals surface area contributed by atoms with Crippen molar-refractivity contribution in [3.8, 4) is 0 Å². The van der Waals surface area contributed by atoms with Gasteiger partial charge in [-0.3, -0.25) is 0 Å². The summed E-state index contributed by atoms with van der Waals surface area (Å²) in [6.07, 6.45) is 7.51. The first-order chi connectivity index (χ1) is 8.09. The van der Waals surface area contributed by atoms with Crippen LogP contribution in [-0.4, -0.2) is 16.6 Å². The molecular formula is C13H19NO3. The van der Waals surface area contributed by atoms with E-state index in [1.807, 2.05) is 0 Å². The molecule has 1 aromatic heterocycles. The quantitative estimate of drug-likeness (QED) is 0.845. The summed E-state index contributed by atoms with van der Waals surface area (Å²) in [5.74, 6) is -0.252. The van der Waals surface area contributed by atoms with E-state index in [4.69, 9.17) is 9.52 Å². The van der Waals surface area contributed by atoms with Gasteiger partial charge in [0.15, 0.2) is 0 Å². The Hall–Kier alpha value is -1.29. The minimum absolute atomic E-state index is 0.175. The third-order valence-corrected chi connectivity index (χ3v) is 3.55. The molecule has 1 aliphatic rings. The van der Waals surface area contributed by atoms with E-state index in [1.165, 1.54) is 38.4 Å². The molecule has 1 saturated carbocycles. The van der Waals surface area contributed by atoms with Crippen LogP contribution in [0.2, 0.25) is 0 Å². The third-order valence-electron chi connectivity index (χ3n) is 3.55. The minimum Gasteiger partial charge on any atom is -0.478 e. The second-order valence-electron chi connectivity index (χ2n) is 5.08. The van der Waals surface area contributed by atoms with E-state index in [-0.39, 0.29) is 11.1 Å². The van der Waals surface area contributed by atoms with Crippen molar-refractivity contribution in [3.63, 3.8) is 0 Å². The Morgan fingerprint density at radius 3 is 2.76 bits per heavy atom. The van der Waals surface area contributed by atoms with Crippen molar-refractivity contribution in [2.45, 2.75) is 51.1 Å². The van der Waals surface area contributed by atoms with Crippen molar-refractivity contribution in [3.05, 3.63) is 23.7 Å². The van der Waals surface area contributed by atoms with E-state index >= 15 is 0 Å². The molecule has 0 bridgehead atoms. The number of furan rings is 1. The zero-order valence-corrected chi connectivity index (χ0v) is 10.2. The SMILES string of the molecule is CC1(NCc2cc(C(=O)O)co2)CCCCC1. The normalized spacial score (nSPS) is 19.1. The van der Waals surface area contributed by atoms with E-state index < -0.39 is 5.97 Å². The first-order valence-electron chi connectivity index (χ1n) is 6.15. The maximum absolute atomic E-state index is 10.7. The van der Waals surface area contributed by atoms with Crippen LogP contribution in [0.5, 0.6) is 0 Å². The Kier molecular flexibility index (Phi) is 3.52. The summed E-state index contributed by atoms with van der Waals surface area (Å²) in [6.45, 7) is 2.83. The highest BCUT2D eigenvalue weighted by Gasteiger charge is 2.26. The van der Waals surface area contributed by atoms with Gasteiger partial charge in [0.25, 0.3) is 0 Å². The Bertz CT molecular complexity index is 391. The van der Waals surface area contributed by atoms with Gasteiger partial charge >= 0.3 is 5.97 Å². The summed E-state index contributed by atoms with van der Waals surface area (Å²) in [4.78, 5) is 10.7. The molecule has 94 valence electrons. The second-order valence-corrected chi connectivity index (χ2v) is 5.08. The van der Waals surface area contributed by atoms with E-state index in [1.54, 1.807) is 6.07 Å². The largest absolute Gasteiger partial charge is 0.478 e. The highest BCUT2D eigenvalue weighted by molar-refractivity contribution is 5.87. The summed E-state index contributed by atoms with van der Waals surface area (Å²) >= 11 is 0. The van der Waals surface area contributed by atoms with Gasteiger partial charge in [0.2, 0.25) is 0 Å². The smallest absolute Gasteiger partial charge is 0.338 e. The van der Waals surface area contributed by atoms with Gasteiger partial charge in [-0.1, -0.05) is 19.3 Å². The lowest BCUT2D eigenvalue weighted by molar-refractivity contribution is 0.0696. The summed E-state index contributed by atoms with van der Waals surface area (Å²) in [5.41, 5.74) is 0.393. The molecule has 1 heterocycles. The van der Waals surface area contributed by atoms with E-state index in [2.05, 4.69) is 12.2 Å². The van der Waals surface area contributed by atoms with Gasteiger partial charge in [0.1, 0.15) is 12.0 Å². The molecule has 0 amide bonds. The number of nitrogens with one attached hydrogen (secondary N) is 1. The average Bonchev–Trinajstić information content (AvgIpc) is 2.76. The van der Waals surface area contributed by atoms with Crippen LogP contribution in [-0.2, 0) is 6.54 Å². The lowest BCUT2D eigenvalue weighted by atomic mass is 9.83. The van der Waals surface area contributed by atoms with Crippen LogP contribution in [0.3, 0.4) is 0 Å².